The summed E-state index contributed by atoms with van der Waals surface area (Å²) in [4.78, 5) is 12.6. The lowest BCUT2D eigenvalue weighted by molar-refractivity contribution is -0.116. The number of aryl methyl sites for hydroxylation is 2. The maximum atomic E-state index is 12.6. The minimum atomic E-state index is 0.0518. The quantitative estimate of drug-likeness (QED) is 0.798. The van der Waals surface area contributed by atoms with E-state index in [1.165, 1.54) is 29.7 Å². The third-order valence-corrected chi connectivity index (χ3v) is 5.75. The van der Waals surface area contributed by atoms with Gasteiger partial charge in [0, 0.05) is 43.3 Å². The van der Waals surface area contributed by atoms with Gasteiger partial charge in [0.1, 0.15) is 0 Å². The van der Waals surface area contributed by atoms with Gasteiger partial charge in [-0.2, -0.15) is 5.10 Å². The summed E-state index contributed by atoms with van der Waals surface area (Å²) in [5.41, 5.74) is 7.06. The fourth-order valence-corrected chi connectivity index (χ4v) is 4.29. The molecule has 4 rings (SSSR count). The van der Waals surface area contributed by atoms with E-state index in [0.717, 1.165) is 49.4 Å². The van der Waals surface area contributed by atoms with Crippen LogP contribution in [0.3, 0.4) is 0 Å². The van der Waals surface area contributed by atoms with E-state index in [2.05, 4.69) is 11.4 Å². The van der Waals surface area contributed by atoms with Gasteiger partial charge in [0.2, 0.25) is 5.91 Å². The van der Waals surface area contributed by atoms with E-state index in [1.54, 1.807) is 7.11 Å². The van der Waals surface area contributed by atoms with Gasteiger partial charge >= 0.3 is 0 Å². The maximum absolute atomic E-state index is 12.6. The number of amides is 1. The first kappa shape index (κ1) is 19.2. The minimum absolute atomic E-state index is 0.0518. The van der Waals surface area contributed by atoms with Gasteiger partial charge in [0.05, 0.1) is 32.1 Å². The highest BCUT2D eigenvalue weighted by Crippen LogP contribution is 2.28. The Morgan fingerprint density at radius 3 is 3.04 bits per heavy atom. The van der Waals surface area contributed by atoms with Gasteiger partial charge in [-0.05, 0) is 42.9 Å². The Balaban J connectivity index is 1.42. The summed E-state index contributed by atoms with van der Waals surface area (Å²) >= 11 is 0. The summed E-state index contributed by atoms with van der Waals surface area (Å²) in [6.07, 6.45) is 6.54. The highest BCUT2D eigenvalue weighted by Gasteiger charge is 2.22. The molecule has 0 saturated carbocycles. The number of hydrogen-bond donors (Lipinski definition) is 1. The Bertz CT molecular complexity index is 844. The normalized spacial score (nSPS) is 15.8. The summed E-state index contributed by atoms with van der Waals surface area (Å²) in [7, 11) is 1.70. The number of benzene rings is 1. The molecule has 0 bridgehead atoms. The molecule has 0 unspecified atom stereocenters. The highest BCUT2D eigenvalue weighted by atomic mass is 16.5. The lowest BCUT2D eigenvalue weighted by atomic mass is 9.90. The number of carbonyl (C=O) groups is 1. The van der Waals surface area contributed by atoms with Crippen LogP contribution in [-0.2, 0) is 53.1 Å². The average Bonchev–Trinajstić information content (AvgIpc) is 3.09. The number of nitrogens with one attached hydrogen (secondary N) is 1. The van der Waals surface area contributed by atoms with Gasteiger partial charge in [0.25, 0.3) is 0 Å². The second kappa shape index (κ2) is 8.88. The Morgan fingerprint density at radius 2 is 2.14 bits per heavy atom. The predicted molar refractivity (Wildman–Crippen MR) is 107 cm³/mol. The van der Waals surface area contributed by atoms with Gasteiger partial charge in [0.15, 0.2) is 0 Å². The van der Waals surface area contributed by atoms with E-state index < -0.39 is 0 Å². The largest absolute Gasteiger partial charge is 0.383 e. The fourth-order valence-electron chi connectivity index (χ4n) is 4.29. The molecule has 2 aliphatic rings. The van der Waals surface area contributed by atoms with Crippen molar-refractivity contribution in [2.24, 2.45) is 0 Å². The Morgan fingerprint density at radius 1 is 1.25 bits per heavy atom. The Hall–Kier alpha value is -2.18. The molecule has 1 N–H and O–H groups in total. The third-order valence-electron chi connectivity index (χ3n) is 5.75. The lowest BCUT2D eigenvalue weighted by Gasteiger charge is -2.19. The first-order valence-corrected chi connectivity index (χ1v) is 10.3. The smallest absolute Gasteiger partial charge is 0.224 e. The summed E-state index contributed by atoms with van der Waals surface area (Å²) in [5, 5.41) is 7.89. The molecule has 0 radical (unpaired) electrons. The molecule has 0 fully saturated rings. The molecule has 1 aromatic carbocycles. The van der Waals surface area contributed by atoms with E-state index in [1.807, 2.05) is 16.8 Å². The molecule has 1 aromatic heterocycles. The van der Waals surface area contributed by atoms with Crippen molar-refractivity contribution in [3.63, 3.8) is 0 Å². The topological polar surface area (TPSA) is 65.4 Å². The monoisotopic (exact) mass is 383 g/mol. The van der Waals surface area contributed by atoms with Crippen LogP contribution in [0.5, 0.6) is 0 Å². The first-order valence-electron chi connectivity index (χ1n) is 10.3. The van der Waals surface area contributed by atoms with Crippen LogP contribution < -0.4 is 5.32 Å². The van der Waals surface area contributed by atoms with E-state index in [4.69, 9.17) is 14.6 Å². The van der Waals surface area contributed by atoms with Crippen molar-refractivity contribution in [3.8, 4) is 0 Å². The van der Waals surface area contributed by atoms with Crippen molar-refractivity contribution >= 4 is 11.6 Å². The van der Waals surface area contributed by atoms with E-state index >= 15 is 0 Å². The van der Waals surface area contributed by atoms with Crippen LogP contribution in [0.2, 0.25) is 0 Å². The zero-order chi connectivity index (χ0) is 19.3. The Kier molecular flexibility index (Phi) is 6.07. The molecule has 28 heavy (non-hydrogen) atoms. The van der Waals surface area contributed by atoms with Gasteiger partial charge in [-0.15, -0.1) is 0 Å². The maximum Gasteiger partial charge on any atom is 0.224 e. The van der Waals surface area contributed by atoms with Crippen LogP contribution in [0.15, 0.2) is 18.2 Å². The molecule has 1 aliphatic heterocycles. The molecule has 0 saturated heterocycles. The number of nitrogens with zero attached hydrogens (tertiary/aromatic N) is 2. The van der Waals surface area contributed by atoms with Gasteiger partial charge in [-0.1, -0.05) is 12.1 Å². The van der Waals surface area contributed by atoms with Gasteiger partial charge in [-0.3, -0.25) is 9.48 Å². The molecule has 6 nitrogen and oxygen atoms in total. The predicted octanol–water partition coefficient (Wildman–Crippen LogP) is 3.05. The fraction of sp³-hybridized carbons (Fsp3) is 0.545. The average molecular weight is 383 g/mol. The van der Waals surface area contributed by atoms with Crippen LogP contribution in [0.1, 0.15) is 47.3 Å². The molecule has 2 aromatic rings. The minimum Gasteiger partial charge on any atom is -0.383 e. The number of fused-ring (bicyclic) bond motifs is 2. The first-order chi connectivity index (χ1) is 13.8. The molecule has 1 amide bonds. The van der Waals surface area contributed by atoms with Gasteiger partial charge < -0.3 is 14.8 Å². The molecule has 6 heteroatoms. The molecule has 1 aliphatic carbocycles. The number of rotatable bonds is 7. The van der Waals surface area contributed by atoms with Crippen molar-refractivity contribution in [2.75, 3.05) is 25.6 Å². The molecular weight excluding hydrogens is 354 g/mol. The van der Waals surface area contributed by atoms with Crippen molar-refractivity contribution < 1.29 is 14.3 Å². The summed E-state index contributed by atoms with van der Waals surface area (Å²) in [6.45, 7) is 2.69. The number of methoxy groups -OCH3 is 1. The van der Waals surface area contributed by atoms with Crippen molar-refractivity contribution in [2.45, 2.75) is 58.1 Å². The van der Waals surface area contributed by atoms with Crippen molar-refractivity contribution in [3.05, 3.63) is 46.3 Å². The van der Waals surface area contributed by atoms with Crippen LogP contribution in [-0.4, -0.2) is 36.0 Å². The van der Waals surface area contributed by atoms with Crippen molar-refractivity contribution in [1.82, 2.24) is 9.78 Å². The van der Waals surface area contributed by atoms with Crippen LogP contribution >= 0.6 is 0 Å². The number of anilines is 1. The molecule has 0 atom stereocenters. The zero-order valence-corrected chi connectivity index (χ0v) is 16.6. The number of ether oxygens (including phenoxy) is 2. The second-order valence-corrected chi connectivity index (χ2v) is 7.59. The summed E-state index contributed by atoms with van der Waals surface area (Å²) in [6, 6.07) is 6.26. The van der Waals surface area contributed by atoms with Crippen molar-refractivity contribution in [1.29, 1.82) is 0 Å². The lowest BCUT2D eigenvalue weighted by Crippen LogP contribution is -2.16. The van der Waals surface area contributed by atoms with Crippen LogP contribution in [0.4, 0.5) is 5.69 Å². The molecule has 2 heterocycles. The van der Waals surface area contributed by atoms with Gasteiger partial charge in [-0.25, -0.2) is 0 Å². The van der Waals surface area contributed by atoms with Crippen LogP contribution in [0, 0.1) is 0 Å². The number of hydrogen-bond acceptors (Lipinski definition) is 4. The number of carbonyl (C=O) groups excluding carboxylic acids is 1. The highest BCUT2D eigenvalue weighted by molar-refractivity contribution is 5.91. The van der Waals surface area contributed by atoms with E-state index in [-0.39, 0.29) is 5.91 Å². The van der Waals surface area contributed by atoms with E-state index in [9.17, 15) is 4.79 Å². The molecular formula is C22H29N3O3. The summed E-state index contributed by atoms with van der Waals surface area (Å²) in [5.74, 6) is 0.0518. The molecule has 0 spiro atoms. The Labute approximate surface area is 166 Å². The van der Waals surface area contributed by atoms with Crippen LogP contribution in [0.25, 0.3) is 0 Å². The SMILES string of the molecule is COCCn1nc(CCC(=O)Nc2cccc3c2CCCC3)c2c1CCOC2. The second-order valence-electron chi connectivity index (χ2n) is 7.59. The standard InChI is InChI=1S/C22H29N3O3/c1-27-14-12-25-21-11-13-28-15-18(21)20(24-25)9-10-22(26)23-19-8-4-6-16-5-2-3-7-17(16)19/h4,6,8H,2-3,5,7,9-15H2,1H3,(H,23,26). The number of aromatic nitrogens is 2. The molecule has 150 valence electrons. The van der Waals surface area contributed by atoms with E-state index in [0.29, 0.717) is 26.1 Å². The summed E-state index contributed by atoms with van der Waals surface area (Å²) < 4.78 is 12.9. The third kappa shape index (κ3) is 4.13. The zero-order valence-electron chi connectivity index (χ0n) is 16.6.